The van der Waals surface area contributed by atoms with Crippen LogP contribution in [0.3, 0.4) is 0 Å². The van der Waals surface area contributed by atoms with Gasteiger partial charge in [0.05, 0.1) is 0 Å². The zero-order valence-electron chi connectivity index (χ0n) is 2.38. The highest BCUT2D eigenvalue weighted by molar-refractivity contribution is 8.76. The molecule has 1 aliphatic heterocycles. The third-order valence-corrected chi connectivity index (χ3v) is 1.54. The smallest absolute Gasteiger partial charge is 0.130 e. The van der Waals surface area contributed by atoms with Gasteiger partial charge < -0.3 is 4.18 Å². The molecule has 0 saturated carbocycles. The molecule has 0 bridgehead atoms. The lowest BCUT2D eigenvalue weighted by Crippen LogP contribution is -1.39. The minimum Gasteiger partial charge on any atom is -0.421 e. The average molecular weight is 106 g/mol. The normalized spacial score (nSPS) is 19.2. The second kappa shape index (κ2) is 1.62. The van der Waals surface area contributed by atoms with E-state index < -0.39 is 0 Å². The van der Waals surface area contributed by atoms with Crippen LogP contribution in [0, 0.1) is 0 Å². The Labute approximate surface area is 38.4 Å². The maximum atomic E-state index is 4.64. The molecule has 0 aromatic rings. The zero-order valence-corrected chi connectivity index (χ0v) is 4.01. The van der Waals surface area contributed by atoms with E-state index in [2.05, 4.69) is 4.18 Å². The molecular formula is C2H2OS2. The maximum absolute atomic E-state index is 4.64. The highest BCUT2D eigenvalue weighted by atomic mass is 33.1. The quantitative estimate of drug-likeness (QED) is 0.344. The van der Waals surface area contributed by atoms with E-state index in [1.165, 1.54) is 11.1 Å². The monoisotopic (exact) mass is 106 g/mol. The van der Waals surface area contributed by atoms with Gasteiger partial charge in [-0.15, -0.1) is 0 Å². The van der Waals surface area contributed by atoms with Gasteiger partial charge in [-0.25, -0.2) is 0 Å². The largest absolute Gasteiger partial charge is 0.421 e. The molecule has 3 heteroatoms. The second-order valence-electron chi connectivity index (χ2n) is 0.533. The van der Waals surface area contributed by atoms with Crippen LogP contribution >= 0.6 is 21.9 Å². The molecule has 0 aromatic carbocycles. The molecule has 0 unspecified atom stereocenters. The Kier molecular flexibility index (Phi) is 1.11. The molecule has 28 valence electrons. The van der Waals surface area contributed by atoms with Crippen LogP contribution in [-0.2, 0) is 4.18 Å². The summed E-state index contributed by atoms with van der Waals surface area (Å²) in [6.45, 7) is 0. The third-order valence-electron chi connectivity index (χ3n) is 0.245. The van der Waals surface area contributed by atoms with Crippen molar-refractivity contribution in [3.63, 3.8) is 0 Å². The Morgan fingerprint density at radius 3 is 2.80 bits per heavy atom. The summed E-state index contributed by atoms with van der Waals surface area (Å²) in [6.07, 6.45) is 1.66. The summed E-state index contributed by atoms with van der Waals surface area (Å²) in [7, 11) is 1.59. The van der Waals surface area contributed by atoms with Crippen molar-refractivity contribution in [1.82, 2.24) is 0 Å². The summed E-state index contributed by atoms with van der Waals surface area (Å²) in [5.74, 6) is 0. The van der Waals surface area contributed by atoms with Crippen LogP contribution in [0.15, 0.2) is 11.7 Å². The van der Waals surface area contributed by atoms with E-state index >= 15 is 0 Å². The Bertz CT molecular complexity index is 45.6. The van der Waals surface area contributed by atoms with Crippen molar-refractivity contribution >= 4 is 21.9 Å². The Hall–Kier alpha value is 0.240. The highest BCUT2D eigenvalue weighted by Crippen LogP contribution is 2.29. The van der Waals surface area contributed by atoms with Crippen molar-refractivity contribution in [2.75, 3.05) is 0 Å². The fraction of sp³-hybridized carbons (Fsp3) is 0. The molecule has 0 amide bonds. The first kappa shape index (κ1) is 3.43. The standard InChI is InChI=1S/C2H2OS2/c1-2-4-5-3-1/h1-2H. The molecule has 0 N–H and O–H groups in total. The molecule has 0 aliphatic carbocycles. The molecule has 1 rings (SSSR count). The van der Waals surface area contributed by atoms with Gasteiger partial charge in [0.25, 0.3) is 0 Å². The van der Waals surface area contributed by atoms with E-state index in [-0.39, 0.29) is 0 Å². The molecule has 0 aromatic heterocycles. The Morgan fingerprint density at radius 2 is 2.60 bits per heavy atom. The van der Waals surface area contributed by atoms with Crippen molar-refractivity contribution in [3.05, 3.63) is 11.7 Å². The van der Waals surface area contributed by atoms with Gasteiger partial charge >= 0.3 is 0 Å². The van der Waals surface area contributed by atoms with Gasteiger partial charge in [-0.05, 0) is 10.8 Å². The van der Waals surface area contributed by atoms with Crippen LogP contribution < -0.4 is 0 Å². The number of rotatable bonds is 0. The van der Waals surface area contributed by atoms with Crippen LogP contribution in [0.2, 0.25) is 0 Å². The number of hydrogen-bond acceptors (Lipinski definition) is 3. The van der Waals surface area contributed by atoms with E-state index in [1.54, 1.807) is 17.1 Å². The van der Waals surface area contributed by atoms with Crippen molar-refractivity contribution in [1.29, 1.82) is 0 Å². The van der Waals surface area contributed by atoms with E-state index in [4.69, 9.17) is 0 Å². The predicted molar refractivity (Wildman–Crippen MR) is 25.4 cm³/mol. The SMILES string of the molecule is C1=CSSO1. The molecule has 1 heterocycles. The zero-order chi connectivity index (χ0) is 3.54. The molecule has 0 spiro atoms. The first-order valence-corrected chi connectivity index (χ1v) is 3.28. The van der Waals surface area contributed by atoms with Crippen LogP contribution in [-0.4, -0.2) is 0 Å². The first-order chi connectivity index (χ1) is 2.50. The molecule has 0 atom stereocenters. The third kappa shape index (κ3) is 0.775. The van der Waals surface area contributed by atoms with Gasteiger partial charge in [-0.3, -0.25) is 0 Å². The fourth-order valence-corrected chi connectivity index (χ4v) is 1.02. The van der Waals surface area contributed by atoms with Crippen LogP contribution in [0.5, 0.6) is 0 Å². The van der Waals surface area contributed by atoms with E-state index in [9.17, 15) is 0 Å². The van der Waals surface area contributed by atoms with Gasteiger partial charge in [-0.2, -0.15) is 0 Å². The maximum Gasteiger partial charge on any atom is 0.130 e. The lowest BCUT2D eigenvalue weighted by molar-refractivity contribution is 0.580. The summed E-state index contributed by atoms with van der Waals surface area (Å²) in [5.41, 5.74) is 0. The van der Waals surface area contributed by atoms with Crippen molar-refractivity contribution < 1.29 is 4.18 Å². The van der Waals surface area contributed by atoms with E-state index in [1.807, 2.05) is 5.41 Å². The van der Waals surface area contributed by atoms with Gasteiger partial charge in [-0.1, -0.05) is 0 Å². The molecule has 0 radical (unpaired) electrons. The van der Waals surface area contributed by atoms with Crippen molar-refractivity contribution in [3.8, 4) is 0 Å². The fourth-order valence-electron chi connectivity index (χ4n) is 0.113. The lowest BCUT2D eigenvalue weighted by Gasteiger charge is -1.74. The Balaban J connectivity index is 2.32. The first-order valence-electron chi connectivity index (χ1n) is 1.14. The van der Waals surface area contributed by atoms with Crippen LogP contribution in [0.1, 0.15) is 0 Å². The Morgan fingerprint density at radius 1 is 1.60 bits per heavy atom. The van der Waals surface area contributed by atoms with Gasteiger partial charge in [0, 0.05) is 5.41 Å². The van der Waals surface area contributed by atoms with E-state index in [0.29, 0.717) is 0 Å². The summed E-state index contributed by atoms with van der Waals surface area (Å²) >= 11 is 1.38. The summed E-state index contributed by atoms with van der Waals surface area (Å²) in [5, 5.41) is 1.89. The summed E-state index contributed by atoms with van der Waals surface area (Å²) in [4.78, 5) is 0. The minimum atomic E-state index is 1.38. The van der Waals surface area contributed by atoms with Gasteiger partial charge in [0.2, 0.25) is 0 Å². The molecule has 0 fully saturated rings. The lowest BCUT2D eigenvalue weighted by atomic mass is 11.2. The molecule has 1 aliphatic rings. The topological polar surface area (TPSA) is 9.23 Å². The van der Waals surface area contributed by atoms with Crippen molar-refractivity contribution in [2.24, 2.45) is 0 Å². The van der Waals surface area contributed by atoms with Crippen LogP contribution in [0.4, 0.5) is 0 Å². The summed E-state index contributed by atoms with van der Waals surface area (Å²) < 4.78 is 4.64. The minimum absolute atomic E-state index is 1.38. The van der Waals surface area contributed by atoms with Crippen molar-refractivity contribution in [2.45, 2.75) is 0 Å². The molecular weight excluding hydrogens is 104 g/mol. The average Bonchev–Trinajstić information content (AvgIpc) is 1.76. The van der Waals surface area contributed by atoms with Crippen LogP contribution in [0.25, 0.3) is 0 Å². The number of hydrogen-bond donors (Lipinski definition) is 0. The summed E-state index contributed by atoms with van der Waals surface area (Å²) in [6, 6.07) is 0. The highest BCUT2D eigenvalue weighted by Gasteiger charge is 1.87. The molecule has 5 heavy (non-hydrogen) atoms. The van der Waals surface area contributed by atoms with E-state index in [0.717, 1.165) is 0 Å². The molecule has 1 nitrogen and oxygen atoms in total. The van der Waals surface area contributed by atoms with Gasteiger partial charge in [0.1, 0.15) is 17.3 Å². The molecule has 0 saturated heterocycles. The van der Waals surface area contributed by atoms with Gasteiger partial charge in [0.15, 0.2) is 0 Å². The second-order valence-corrected chi connectivity index (χ2v) is 2.31. The predicted octanol–water partition coefficient (Wildman–Crippen LogP) is 1.78.